The maximum Gasteiger partial charge on any atom is 0.417 e. The molecule has 4 heteroatoms. The van der Waals surface area contributed by atoms with Crippen LogP contribution in [0.2, 0.25) is 0 Å². The molecule has 3 fully saturated rings. The highest BCUT2D eigenvalue weighted by molar-refractivity contribution is 6.08. The molecule has 0 aromatic rings. The average molecular weight is 141 g/mol. The number of nitrogens with zero attached hydrogens (tertiary/aromatic N) is 1. The van der Waals surface area contributed by atoms with Gasteiger partial charge >= 0.3 is 6.09 Å². The summed E-state index contributed by atoms with van der Waals surface area (Å²) in [6, 6.07) is 0. The Morgan fingerprint density at radius 1 is 1.70 bits per heavy atom. The van der Waals surface area contributed by atoms with Gasteiger partial charge in [0.2, 0.25) is 5.60 Å². The lowest BCUT2D eigenvalue weighted by atomic mass is 9.93. The number of carbonyl (C=O) groups excluding carboxylic acids is 2. The van der Waals surface area contributed by atoms with E-state index in [4.69, 9.17) is 4.74 Å². The fraction of sp³-hybridized carbons (Fsp3) is 0.667. The Morgan fingerprint density at radius 2 is 2.40 bits per heavy atom. The van der Waals surface area contributed by atoms with Crippen LogP contribution < -0.4 is 0 Å². The quantitative estimate of drug-likeness (QED) is 0.487. The fourth-order valence-electron chi connectivity index (χ4n) is 1.33. The van der Waals surface area contributed by atoms with Crippen molar-refractivity contribution in [2.75, 3.05) is 6.54 Å². The van der Waals surface area contributed by atoms with E-state index in [0.717, 1.165) is 4.90 Å². The standard InChI is InChI=1S/C6H7NO3/c1-2-6-3-7(4(6)8)5(9)10-6/h2-3H2,1H3. The molecule has 0 aliphatic carbocycles. The number of carbonyl (C=O) groups is 2. The number of ether oxygens (including phenoxy) is 1. The fourth-order valence-corrected chi connectivity index (χ4v) is 1.33. The first-order valence-electron chi connectivity index (χ1n) is 3.24. The van der Waals surface area contributed by atoms with E-state index in [1.165, 1.54) is 0 Å². The normalized spacial score (nSPS) is 35.9. The maximum atomic E-state index is 11.0. The highest BCUT2D eigenvalue weighted by Gasteiger charge is 2.64. The third kappa shape index (κ3) is 0.364. The minimum Gasteiger partial charge on any atom is -0.430 e. The molecule has 3 saturated heterocycles. The SMILES string of the molecule is CCC12CN(C(=O)O1)C2=O. The summed E-state index contributed by atoms with van der Waals surface area (Å²) in [5.41, 5.74) is -0.753. The maximum absolute atomic E-state index is 11.0. The summed E-state index contributed by atoms with van der Waals surface area (Å²) in [5.74, 6) is -0.167. The highest BCUT2D eigenvalue weighted by atomic mass is 16.6. The lowest BCUT2D eigenvalue weighted by molar-refractivity contribution is -0.149. The van der Waals surface area contributed by atoms with Crippen molar-refractivity contribution in [2.24, 2.45) is 0 Å². The summed E-state index contributed by atoms with van der Waals surface area (Å²) in [6.45, 7) is 2.30. The van der Waals surface area contributed by atoms with E-state index in [1.54, 1.807) is 0 Å². The van der Waals surface area contributed by atoms with Crippen LogP contribution in [0, 0.1) is 0 Å². The first-order valence-corrected chi connectivity index (χ1v) is 3.24. The number of rotatable bonds is 1. The zero-order valence-corrected chi connectivity index (χ0v) is 5.59. The predicted octanol–water partition coefficient (Wildman–Crippen LogP) is 0.128. The molecule has 0 spiro atoms. The van der Waals surface area contributed by atoms with Gasteiger partial charge in [0, 0.05) is 0 Å². The van der Waals surface area contributed by atoms with Crippen LogP contribution in [0.15, 0.2) is 0 Å². The molecule has 0 saturated carbocycles. The van der Waals surface area contributed by atoms with Gasteiger partial charge in [-0.1, -0.05) is 6.92 Å². The van der Waals surface area contributed by atoms with E-state index in [-0.39, 0.29) is 5.91 Å². The first kappa shape index (κ1) is 5.70. The van der Waals surface area contributed by atoms with Crippen LogP contribution in [0.4, 0.5) is 4.79 Å². The molecule has 3 heterocycles. The number of fused-ring (bicyclic) bond motifs is 1. The van der Waals surface area contributed by atoms with Gasteiger partial charge in [-0.3, -0.25) is 4.79 Å². The molecule has 0 N–H and O–H groups in total. The zero-order chi connectivity index (χ0) is 7.35. The van der Waals surface area contributed by atoms with Crippen LogP contribution in [-0.4, -0.2) is 29.0 Å². The molecule has 10 heavy (non-hydrogen) atoms. The second-order valence-corrected chi connectivity index (χ2v) is 2.61. The number of imide groups is 1. The smallest absolute Gasteiger partial charge is 0.417 e. The number of hydrogen-bond donors (Lipinski definition) is 0. The Labute approximate surface area is 57.7 Å². The van der Waals surface area contributed by atoms with Gasteiger partial charge in [0.05, 0.1) is 6.54 Å². The van der Waals surface area contributed by atoms with Crippen LogP contribution in [0.1, 0.15) is 13.3 Å². The van der Waals surface area contributed by atoms with Gasteiger partial charge in [0.15, 0.2) is 0 Å². The molecule has 3 rings (SSSR count). The Bertz CT molecular complexity index is 225. The van der Waals surface area contributed by atoms with Crippen LogP contribution in [0.5, 0.6) is 0 Å². The molecular weight excluding hydrogens is 134 g/mol. The average Bonchev–Trinajstić information content (AvgIpc) is 2.37. The molecule has 0 aromatic carbocycles. The topological polar surface area (TPSA) is 46.6 Å². The van der Waals surface area contributed by atoms with Crippen molar-refractivity contribution in [1.82, 2.24) is 4.90 Å². The van der Waals surface area contributed by atoms with Crippen molar-refractivity contribution in [3.8, 4) is 0 Å². The van der Waals surface area contributed by atoms with Crippen LogP contribution >= 0.6 is 0 Å². The largest absolute Gasteiger partial charge is 0.430 e. The zero-order valence-electron chi connectivity index (χ0n) is 5.59. The molecule has 1 atom stereocenters. The minimum absolute atomic E-state index is 0.167. The van der Waals surface area contributed by atoms with Gasteiger partial charge in [-0.25, -0.2) is 9.69 Å². The van der Waals surface area contributed by atoms with Gasteiger partial charge < -0.3 is 4.74 Å². The van der Waals surface area contributed by atoms with Gasteiger partial charge in [-0.15, -0.1) is 0 Å². The summed E-state index contributed by atoms with van der Waals surface area (Å²) >= 11 is 0. The van der Waals surface area contributed by atoms with Crippen molar-refractivity contribution in [3.05, 3.63) is 0 Å². The summed E-state index contributed by atoms with van der Waals surface area (Å²) in [5, 5.41) is 0. The van der Waals surface area contributed by atoms with Crippen molar-refractivity contribution < 1.29 is 14.3 Å². The van der Waals surface area contributed by atoms with Gasteiger partial charge in [0.25, 0.3) is 5.91 Å². The lowest BCUT2D eigenvalue weighted by Crippen LogP contribution is -2.58. The van der Waals surface area contributed by atoms with Gasteiger partial charge in [0.1, 0.15) is 0 Å². The molecule has 2 bridgehead atoms. The van der Waals surface area contributed by atoms with E-state index in [1.807, 2.05) is 6.92 Å². The monoisotopic (exact) mass is 141 g/mol. The molecular formula is C6H7NO3. The Hall–Kier alpha value is -1.06. The summed E-state index contributed by atoms with van der Waals surface area (Å²) in [6.07, 6.45) is 0.112. The van der Waals surface area contributed by atoms with Crippen molar-refractivity contribution >= 4 is 12.0 Å². The van der Waals surface area contributed by atoms with Crippen molar-refractivity contribution in [1.29, 1.82) is 0 Å². The van der Waals surface area contributed by atoms with Gasteiger partial charge in [-0.05, 0) is 6.42 Å². The summed E-state index contributed by atoms with van der Waals surface area (Å²) < 4.78 is 4.82. The van der Waals surface area contributed by atoms with E-state index in [9.17, 15) is 9.59 Å². The Balaban J connectivity index is 2.33. The number of amides is 2. The molecule has 1 unspecified atom stereocenters. The molecule has 3 aliphatic heterocycles. The molecule has 54 valence electrons. The molecule has 0 radical (unpaired) electrons. The minimum atomic E-state index is -0.753. The first-order chi connectivity index (χ1) is 4.69. The van der Waals surface area contributed by atoms with E-state index in [2.05, 4.69) is 0 Å². The van der Waals surface area contributed by atoms with Gasteiger partial charge in [-0.2, -0.15) is 0 Å². The highest BCUT2D eigenvalue weighted by Crippen LogP contribution is 2.38. The third-order valence-corrected chi connectivity index (χ3v) is 2.12. The van der Waals surface area contributed by atoms with E-state index < -0.39 is 11.7 Å². The second-order valence-electron chi connectivity index (χ2n) is 2.61. The van der Waals surface area contributed by atoms with Crippen molar-refractivity contribution in [3.63, 3.8) is 0 Å². The van der Waals surface area contributed by atoms with Crippen LogP contribution in [0.3, 0.4) is 0 Å². The lowest BCUT2D eigenvalue weighted by Gasteiger charge is -2.31. The van der Waals surface area contributed by atoms with E-state index in [0.29, 0.717) is 13.0 Å². The molecule has 0 aromatic heterocycles. The third-order valence-electron chi connectivity index (χ3n) is 2.12. The molecule has 4 nitrogen and oxygen atoms in total. The molecule has 3 aliphatic rings. The van der Waals surface area contributed by atoms with E-state index >= 15 is 0 Å². The summed E-state index contributed by atoms with van der Waals surface area (Å²) in [7, 11) is 0. The number of β-lactam (4-membered cyclic amide) rings is 1. The predicted molar refractivity (Wildman–Crippen MR) is 31.2 cm³/mol. The Kier molecular flexibility index (Phi) is 0.760. The van der Waals surface area contributed by atoms with Crippen LogP contribution in [-0.2, 0) is 9.53 Å². The summed E-state index contributed by atoms with van der Waals surface area (Å²) in [4.78, 5) is 22.8. The van der Waals surface area contributed by atoms with Crippen molar-refractivity contribution in [2.45, 2.75) is 18.9 Å². The molecule has 2 amide bonds. The number of hydrogen-bond acceptors (Lipinski definition) is 3. The van der Waals surface area contributed by atoms with Crippen LogP contribution in [0.25, 0.3) is 0 Å². The second kappa shape index (κ2) is 1.33. The Morgan fingerprint density at radius 3 is 2.60 bits per heavy atom.